The highest BCUT2D eigenvalue weighted by Crippen LogP contribution is 2.35. The average molecular weight is 474 g/mol. The molecule has 8 heteroatoms. The standard InChI is InChI=1S/C27H21F3N4O/c1-18-17-33(26(35)20-7-3-2-4-8-20)15-16-34(18)25-23-10-6-5-9-22(23)24(31-32-25)19-11-13-21(14-12-19)27(28,29)30/h2-14H,1,15-17H2. The van der Waals surface area contributed by atoms with Crippen LogP contribution in [0.15, 0.2) is 91.1 Å². The molecule has 1 aromatic heterocycles. The summed E-state index contributed by atoms with van der Waals surface area (Å²) in [5.74, 6) is 0.549. The normalized spacial score (nSPS) is 14.4. The molecule has 0 spiro atoms. The molecule has 5 rings (SSSR count). The second-order valence-electron chi connectivity index (χ2n) is 8.30. The van der Waals surface area contributed by atoms with Gasteiger partial charge in [-0.2, -0.15) is 13.2 Å². The number of halogens is 3. The minimum absolute atomic E-state index is 0.0556. The van der Waals surface area contributed by atoms with E-state index in [0.29, 0.717) is 48.0 Å². The van der Waals surface area contributed by atoms with E-state index in [4.69, 9.17) is 0 Å². The van der Waals surface area contributed by atoms with Crippen LogP contribution in [0.25, 0.3) is 22.0 Å². The van der Waals surface area contributed by atoms with Crippen LogP contribution in [0.4, 0.5) is 19.0 Å². The summed E-state index contributed by atoms with van der Waals surface area (Å²) in [7, 11) is 0. The van der Waals surface area contributed by atoms with Crippen LogP contribution in [-0.2, 0) is 6.18 Å². The Morgan fingerprint density at radius 3 is 2.14 bits per heavy atom. The molecule has 5 nitrogen and oxygen atoms in total. The molecule has 0 unspecified atom stereocenters. The lowest BCUT2D eigenvalue weighted by atomic mass is 10.0. The predicted octanol–water partition coefficient (Wildman–Crippen LogP) is 5.79. The lowest BCUT2D eigenvalue weighted by Crippen LogP contribution is -2.47. The molecule has 0 aliphatic carbocycles. The Kier molecular flexibility index (Phi) is 5.72. The van der Waals surface area contributed by atoms with Crippen molar-refractivity contribution >= 4 is 22.5 Å². The average Bonchev–Trinajstić information content (AvgIpc) is 2.88. The smallest absolute Gasteiger partial charge is 0.331 e. The van der Waals surface area contributed by atoms with Gasteiger partial charge in [0.25, 0.3) is 5.91 Å². The summed E-state index contributed by atoms with van der Waals surface area (Å²) in [5, 5.41) is 10.4. The van der Waals surface area contributed by atoms with Crippen LogP contribution in [0.1, 0.15) is 15.9 Å². The molecule has 1 saturated heterocycles. The van der Waals surface area contributed by atoms with Crippen molar-refractivity contribution in [1.82, 2.24) is 15.1 Å². The van der Waals surface area contributed by atoms with Gasteiger partial charge in [0.1, 0.15) is 5.69 Å². The minimum Gasteiger partial charge on any atom is -0.331 e. The number of piperazine rings is 1. The number of alkyl halides is 3. The highest BCUT2D eigenvalue weighted by Gasteiger charge is 2.30. The number of anilines is 1. The number of carbonyl (C=O) groups is 1. The zero-order valence-corrected chi connectivity index (χ0v) is 18.7. The Morgan fingerprint density at radius 1 is 0.829 bits per heavy atom. The maximum atomic E-state index is 13.0. The molecule has 0 radical (unpaired) electrons. The van der Waals surface area contributed by atoms with E-state index in [9.17, 15) is 18.0 Å². The number of hydrogen-bond acceptors (Lipinski definition) is 4. The fourth-order valence-corrected chi connectivity index (χ4v) is 4.28. The molecule has 4 aromatic rings. The molecular weight excluding hydrogens is 453 g/mol. The van der Waals surface area contributed by atoms with Crippen LogP contribution in [0.2, 0.25) is 0 Å². The number of nitrogens with zero attached hydrogens (tertiary/aromatic N) is 4. The lowest BCUT2D eigenvalue weighted by Gasteiger charge is -2.37. The summed E-state index contributed by atoms with van der Waals surface area (Å²) in [6.07, 6.45) is -4.40. The number of rotatable bonds is 3. The maximum absolute atomic E-state index is 13.0. The van der Waals surface area contributed by atoms with Gasteiger partial charge in [-0.3, -0.25) is 4.79 Å². The summed E-state index contributed by atoms with van der Waals surface area (Å²) in [6.45, 7) is 5.51. The van der Waals surface area contributed by atoms with Crippen molar-refractivity contribution in [3.63, 3.8) is 0 Å². The van der Waals surface area contributed by atoms with E-state index in [1.54, 1.807) is 17.0 Å². The monoisotopic (exact) mass is 474 g/mol. The topological polar surface area (TPSA) is 49.3 Å². The zero-order valence-electron chi connectivity index (χ0n) is 18.7. The zero-order chi connectivity index (χ0) is 24.6. The summed E-state index contributed by atoms with van der Waals surface area (Å²) < 4.78 is 38.9. The van der Waals surface area contributed by atoms with E-state index < -0.39 is 11.7 Å². The Hall–Kier alpha value is -4.20. The molecule has 2 heterocycles. The van der Waals surface area contributed by atoms with E-state index in [1.165, 1.54) is 12.1 Å². The first kappa shape index (κ1) is 22.6. The van der Waals surface area contributed by atoms with Gasteiger partial charge in [-0.05, 0) is 24.3 Å². The van der Waals surface area contributed by atoms with Crippen LogP contribution >= 0.6 is 0 Å². The van der Waals surface area contributed by atoms with Crippen molar-refractivity contribution in [1.29, 1.82) is 0 Å². The van der Waals surface area contributed by atoms with Gasteiger partial charge in [0.2, 0.25) is 0 Å². The van der Waals surface area contributed by atoms with Gasteiger partial charge < -0.3 is 9.80 Å². The number of aromatic nitrogens is 2. The van der Waals surface area contributed by atoms with Gasteiger partial charge in [0, 0.05) is 40.7 Å². The van der Waals surface area contributed by atoms with E-state index in [1.807, 2.05) is 47.4 Å². The molecule has 0 saturated carbocycles. The predicted molar refractivity (Wildman–Crippen MR) is 129 cm³/mol. The van der Waals surface area contributed by atoms with Crippen LogP contribution in [0, 0.1) is 0 Å². The van der Waals surface area contributed by atoms with Crippen molar-refractivity contribution in [2.75, 3.05) is 24.5 Å². The third-order valence-electron chi connectivity index (χ3n) is 6.07. The molecule has 1 fully saturated rings. The van der Waals surface area contributed by atoms with Crippen molar-refractivity contribution in [3.8, 4) is 11.3 Å². The van der Waals surface area contributed by atoms with E-state index in [2.05, 4.69) is 16.8 Å². The third-order valence-corrected chi connectivity index (χ3v) is 6.07. The molecule has 3 aromatic carbocycles. The van der Waals surface area contributed by atoms with Crippen LogP contribution in [-0.4, -0.2) is 40.6 Å². The molecule has 176 valence electrons. The lowest BCUT2D eigenvalue weighted by molar-refractivity contribution is -0.137. The van der Waals surface area contributed by atoms with Crippen molar-refractivity contribution in [3.05, 3.63) is 102 Å². The van der Waals surface area contributed by atoms with Gasteiger partial charge in [0.15, 0.2) is 5.82 Å². The fraction of sp³-hybridized carbons (Fsp3) is 0.148. The molecule has 1 amide bonds. The summed E-state index contributed by atoms with van der Waals surface area (Å²) >= 11 is 0. The number of hydrogen-bond donors (Lipinski definition) is 0. The first-order chi connectivity index (χ1) is 16.8. The molecule has 0 N–H and O–H groups in total. The van der Waals surface area contributed by atoms with E-state index in [0.717, 1.165) is 22.9 Å². The molecular formula is C27H21F3N4O. The van der Waals surface area contributed by atoms with Crippen LogP contribution in [0.3, 0.4) is 0 Å². The van der Waals surface area contributed by atoms with E-state index in [-0.39, 0.29) is 5.91 Å². The molecule has 0 atom stereocenters. The van der Waals surface area contributed by atoms with Gasteiger partial charge in [-0.1, -0.05) is 61.2 Å². The Bertz CT molecular complexity index is 1400. The largest absolute Gasteiger partial charge is 0.416 e. The van der Waals surface area contributed by atoms with Gasteiger partial charge in [-0.15, -0.1) is 10.2 Å². The molecule has 0 bridgehead atoms. The van der Waals surface area contributed by atoms with Gasteiger partial charge in [-0.25, -0.2) is 0 Å². The highest BCUT2D eigenvalue weighted by atomic mass is 19.4. The Morgan fingerprint density at radius 2 is 1.49 bits per heavy atom. The number of fused-ring (bicyclic) bond motifs is 1. The number of amides is 1. The highest BCUT2D eigenvalue weighted by molar-refractivity contribution is 6.01. The maximum Gasteiger partial charge on any atom is 0.416 e. The van der Waals surface area contributed by atoms with Crippen LogP contribution < -0.4 is 4.90 Å². The minimum atomic E-state index is -4.40. The Labute approximate surface area is 200 Å². The van der Waals surface area contributed by atoms with Crippen molar-refractivity contribution in [2.24, 2.45) is 0 Å². The Balaban J connectivity index is 1.44. The van der Waals surface area contributed by atoms with Crippen LogP contribution in [0.5, 0.6) is 0 Å². The molecule has 1 aliphatic rings. The number of benzene rings is 3. The van der Waals surface area contributed by atoms with Gasteiger partial charge in [0.05, 0.1) is 12.1 Å². The summed E-state index contributed by atoms with van der Waals surface area (Å²) in [6, 6.07) is 21.5. The second kappa shape index (κ2) is 8.87. The quantitative estimate of drug-likeness (QED) is 0.377. The molecule has 35 heavy (non-hydrogen) atoms. The van der Waals surface area contributed by atoms with E-state index >= 15 is 0 Å². The first-order valence-corrected chi connectivity index (χ1v) is 11.1. The second-order valence-corrected chi connectivity index (χ2v) is 8.30. The third kappa shape index (κ3) is 4.35. The number of carbonyl (C=O) groups excluding carboxylic acids is 1. The summed E-state index contributed by atoms with van der Waals surface area (Å²) in [5.41, 5.74) is 1.67. The van der Waals surface area contributed by atoms with Crippen molar-refractivity contribution in [2.45, 2.75) is 6.18 Å². The van der Waals surface area contributed by atoms with Crippen molar-refractivity contribution < 1.29 is 18.0 Å². The summed E-state index contributed by atoms with van der Waals surface area (Å²) in [4.78, 5) is 16.6. The first-order valence-electron chi connectivity index (χ1n) is 11.1. The van der Waals surface area contributed by atoms with Gasteiger partial charge >= 0.3 is 6.18 Å². The fourth-order valence-electron chi connectivity index (χ4n) is 4.28. The molecule has 1 aliphatic heterocycles. The SMILES string of the molecule is C=C1CN(C(=O)c2ccccc2)CCN1c1nnc(-c2ccc(C(F)(F)F)cc2)c2ccccc12.